The van der Waals surface area contributed by atoms with Gasteiger partial charge in [0, 0.05) is 19.5 Å². The average molecular weight is 342 g/mol. The SMILES string of the molecule is CCn1c(CCNC(=O)c2cc3ccccc3cc2O)n[nH]c1=S. The van der Waals surface area contributed by atoms with Crippen molar-refractivity contribution in [1.82, 2.24) is 20.1 Å². The maximum Gasteiger partial charge on any atom is 0.255 e. The molecule has 0 fully saturated rings. The van der Waals surface area contributed by atoms with Crippen LogP contribution >= 0.6 is 12.2 Å². The van der Waals surface area contributed by atoms with Crippen LogP contribution in [0, 0.1) is 4.77 Å². The Hall–Kier alpha value is -2.67. The number of nitrogens with zero attached hydrogens (tertiary/aromatic N) is 2. The Morgan fingerprint density at radius 1 is 1.33 bits per heavy atom. The first-order chi connectivity index (χ1) is 11.6. The normalized spacial score (nSPS) is 10.9. The van der Waals surface area contributed by atoms with E-state index in [0.717, 1.165) is 23.1 Å². The number of fused-ring (bicyclic) bond motifs is 1. The van der Waals surface area contributed by atoms with Crippen LogP contribution in [-0.4, -0.2) is 32.3 Å². The predicted molar refractivity (Wildman–Crippen MR) is 94.7 cm³/mol. The number of rotatable bonds is 5. The van der Waals surface area contributed by atoms with Gasteiger partial charge in [0.15, 0.2) is 4.77 Å². The van der Waals surface area contributed by atoms with Crippen LogP contribution in [0.2, 0.25) is 0 Å². The van der Waals surface area contributed by atoms with Crippen LogP contribution < -0.4 is 5.32 Å². The smallest absolute Gasteiger partial charge is 0.255 e. The summed E-state index contributed by atoms with van der Waals surface area (Å²) in [6.45, 7) is 3.12. The average Bonchev–Trinajstić information content (AvgIpc) is 2.94. The molecule has 0 atom stereocenters. The van der Waals surface area contributed by atoms with Gasteiger partial charge < -0.3 is 15.0 Å². The minimum atomic E-state index is -0.310. The molecule has 6 nitrogen and oxygen atoms in total. The third-order valence-corrected chi connectivity index (χ3v) is 4.21. The summed E-state index contributed by atoms with van der Waals surface area (Å²) in [7, 11) is 0. The number of H-pyrrole nitrogens is 1. The minimum Gasteiger partial charge on any atom is -0.507 e. The zero-order chi connectivity index (χ0) is 17.1. The van der Waals surface area contributed by atoms with Crippen LogP contribution in [0.25, 0.3) is 10.8 Å². The van der Waals surface area contributed by atoms with E-state index >= 15 is 0 Å². The van der Waals surface area contributed by atoms with Crippen molar-refractivity contribution in [2.45, 2.75) is 19.9 Å². The van der Waals surface area contributed by atoms with Gasteiger partial charge in [0.2, 0.25) is 0 Å². The summed E-state index contributed by atoms with van der Waals surface area (Å²) in [6, 6.07) is 10.9. The molecule has 0 spiro atoms. The van der Waals surface area contributed by atoms with E-state index in [2.05, 4.69) is 15.5 Å². The number of nitrogens with one attached hydrogen (secondary N) is 2. The Morgan fingerprint density at radius 3 is 2.75 bits per heavy atom. The number of hydrogen-bond donors (Lipinski definition) is 3. The van der Waals surface area contributed by atoms with Crippen LogP contribution in [0.3, 0.4) is 0 Å². The Labute approximate surface area is 144 Å². The first-order valence-electron chi connectivity index (χ1n) is 7.74. The highest BCUT2D eigenvalue weighted by atomic mass is 32.1. The number of amides is 1. The molecule has 2 aromatic carbocycles. The summed E-state index contributed by atoms with van der Waals surface area (Å²) in [5.41, 5.74) is 0.267. The molecule has 7 heteroatoms. The molecule has 124 valence electrons. The number of aromatic amines is 1. The Morgan fingerprint density at radius 2 is 2.04 bits per heavy atom. The second-order valence-electron chi connectivity index (χ2n) is 5.41. The predicted octanol–water partition coefficient (Wildman–Crippen LogP) is 2.79. The third kappa shape index (κ3) is 3.16. The summed E-state index contributed by atoms with van der Waals surface area (Å²) >= 11 is 5.14. The summed E-state index contributed by atoms with van der Waals surface area (Å²) < 4.78 is 2.46. The fraction of sp³-hybridized carbons (Fsp3) is 0.235. The fourth-order valence-electron chi connectivity index (χ4n) is 2.66. The van der Waals surface area contributed by atoms with E-state index in [1.807, 2.05) is 35.8 Å². The zero-order valence-electron chi connectivity index (χ0n) is 13.2. The second kappa shape index (κ2) is 6.84. The van der Waals surface area contributed by atoms with E-state index in [1.165, 1.54) is 0 Å². The molecule has 0 bridgehead atoms. The first-order valence-corrected chi connectivity index (χ1v) is 8.15. The van der Waals surface area contributed by atoms with E-state index < -0.39 is 0 Å². The van der Waals surface area contributed by atoms with Crippen molar-refractivity contribution >= 4 is 28.9 Å². The maximum atomic E-state index is 12.3. The second-order valence-corrected chi connectivity index (χ2v) is 5.80. The lowest BCUT2D eigenvalue weighted by Gasteiger charge is -2.09. The van der Waals surface area contributed by atoms with E-state index in [0.29, 0.717) is 17.7 Å². The monoisotopic (exact) mass is 342 g/mol. The lowest BCUT2D eigenvalue weighted by atomic mass is 10.1. The molecule has 0 radical (unpaired) electrons. The van der Waals surface area contributed by atoms with E-state index in [9.17, 15) is 9.90 Å². The van der Waals surface area contributed by atoms with Crippen molar-refractivity contribution in [3.63, 3.8) is 0 Å². The van der Waals surface area contributed by atoms with Crippen LogP contribution in [-0.2, 0) is 13.0 Å². The zero-order valence-corrected chi connectivity index (χ0v) is 14.1. The standard InChI is InChI=1S/C17H18N4O2S/c1-2-21-15(19-20-17(21)24)7-8-18-16(23)13-9-11-5-3-4-6-12(11)10-14(13)22/h3-6,9-10,22H,2,7-8H2,1H3,(H,18,23)(H,20,24). The van der Waals surface area contributed by atoms with Crippen molar-refractivity contribution < 1.29 is 9.90 Å². The Balaban J connectivity index is 1.71. The number of benzene rings is 2. The van der Waals surface area contributed by atoms with Gasteiger partial charge in [-0.25, -0.2) is 0 Å². The molecule has 24 heavy (non-hydrogen) atoms. The molecule has 1 heterocycles. The molecule has 1 aromatic heterocycles. The van der Waals surface area contributed by atoms with Gasteiger partial charge in [-0.05, 0) is 42.0 Å². The number of carbonyl (C=O) groups is 1. The summed E-state index contributed by atoms with van der Waals surface area (Å²) in [5, 5.41) is 21.6. The third-order valence-electron chi connectivity index (χ3n) is 3.90. The molecular formula is C17H18N4O2S. The van der Waals surface area contributed by atoms with E-state index in [-0.39, 0.29) is 17.2 Å². The Kier molecular flexibility index (Phi) is 4.61. The fourth-order valence-corrected chi connectivity index (χ4v) is 2.94. The lowest BCUT2D eigenvalue weighted by molar-refractivity contribution is 0.0951. The Bertz CT molecular complexity index is 945. The van der Waals surface area contributed by atoms with Gasteiger partial charge in [0.1, 0.15) is 11.6 Å². The van der Waals surface area contributed by atoms with Crippen molar-refractivity contribution in [3.8, 4) is 5.75 Å². The van der Waals surface area contributed by atoms with Crippen molar-refractivity contribution in [1.29, 1.82) is 0 Å². The molecule has 0 aliphatic carbocycles. The topological polar surface area (TPSA) is 82.9 Å². The molecule has 3 rings (SSSR count). The van der Waals surface area contributed by atoms with Gasteiger partial charge >= 0.3 is 0 Å². The molecule has 0 saturated heterocycles. The highest BCUT2D eigenvalue weighted by Crippen LogP contribution is 2.24. The molecule has 0 unspecified atom stereocenters. The lowest BCUT2D eigenvalue weighted by Crippen LogP contribution is -2.26. The molecule has 1 amide bonds. The molecular weight excluding hydrogens is 324 g/mol. The number of aromatic hydroxyl groups is 1. The molecule has 3 aromatic rings. The number of carbonyl (C=O) groups excluding carboxylic acids is 1. The highest BCUT2D eigenvalue weighted by Gasteiger charge is 2.13. The molecule has 0 aliphatic rings. The highest BCUT2D eigenvalue weighted by molar-refractivity contribution is 7.71. The van der Waals surface area contributed by atoms with Gasteiger partial charge in [-0.1, -0.05) is 24.3 Å². The minimum absolute atomic E-state index is 0.0255. The summed E-state index contributed by atoms with van der Waals surface area (Å²) in [5.74, 6) is 0.461. The van der Waals surface area contributed by atoms with E-state index in [4.69, 9.17) is 12.2 Å². The van der Waals surface area contributed by atoms with Crippen molar-refractivity contribution in [3.05, 3.63) is 52.6 Å². The molecule has 0 aliphatic heterocycles. The van der Waals surface area contributed by atoms with Gasteiger partial charge in [-0.15, -0.1) is 0 Å². The van der Waals surface area contributed by atoms with Gasteiger partial charge in [-0.3, -0.25) is 9.89 Å². The van der Waals surface area contributed by atoms with Crippen LogP contribution in [0.15, 0.2) is 36.4 Å². The number of phenolic OH excluding ortho intramolecular Hbond substituents is 1. The van der Waals surface area contributed by atoms with Crippen LogP contribution in [0.5, 0.6) is 5.75 Å². The summed E-state index contributed by atoms with van der Waals surface area (Å²) in [4.78, 5) is 12.3. The van der Waals surface area contributed by atoms with E-state index in [1.54, 1.807) is 12.1 Å². The largest absolute Gasteiger partial charge is 0.507 e. The van der Waals surface area contributed by atoms with Gasteiger partial charge in [0.05, 0.1) is 5.56 Å². The number of phenols is 1. The molecule has 3 N–H and O–H groups in total. The summed E-state index contributed by atoms with van der Waals surface area (Å²) in [6.07, 6.45) is 0.557. The number of aromatic nitrogens is 3. The molecule has 0 saturated carbocycles. The van der Waals surface area contributed by atoms with Crippen molar-refractivity contribution in [2.24, 2.45) is 0 Å². The van der Waals surface area contributed by atoms with Crippen molar-refractivity contribution in [2.75, 3.05) is 6.54 Å². The van der Waals surface area contributed by atoms with Crippen LogP contribution in [0.1, 0.15) is 23.1 Å². The number of hydrogen-bond acceptors (Lipinski definition) is 4. The first kappa shape index (κ1) is 16.2. The van der Waals surface area contributed by atoms with Crippen LogP contribution in [0.4, 0.5) is 0 Å². The van der Waals surface area contributed by atoms with Gasteiger partial charge in [0.25, 0.3) is 5.91 Å². The maximum absolute atomic E-state index is 12.3. The quantitative estimate of drug-likeness (QED) is 0.623. The van der Waals surface area contributed by atoms with Gasteiger partial charge in [-0.2, -0.15) is 5.10 Å².